The van der Waals surface area contributed by atoms with Gasteiger partial charge in [-0.25, -0.2) is 4.98 Å². The van der Waals surface area contributed by atoms with Crippen LogP contribution in [-0.4, -0.2) is 29.1 Å². The number of hydrogen-bond acceptors (Lipinski definition) is 5. The molecule has 5 nitrogen and oxygen atoms in total. The summed E-state index contributed by atoms with van der Waals surface area (Å²) in [6.07, 6.45) is 1.77. The fraction of sp³-hybridized carbons (Fsp3) is 0.105. The lowest BCUT2D eigenvalue weighted by atomic mass is 10.2. The number of thioether (sulfide) groups is 1. The number of nitrogens with one attached hydrogen (secondary N) is 1. The van der Waals surface area contributed by atoms with Gasteiger partial charge >= 0.3 is 0 Å². The minimum Gasteiger partial charge on any atom is -0.325 e. The number of rotatable bonds is 4. The standard InChI is InChI=1S/C19H15N3O2S2/c23-17(11-22-15-3-1-2-4-16(15)26-12-18(22)24)21-14-7-5-13(6-8-14)19-20-9-10-25-19/h1-10H,11-12H2,(H,21,23). The highest BCUT2D eigenvalue weighted by molar-refractivity contribution is 8.00. The van der Waals surface area contributed by atoms with E-state index in [1.807, 2.05) is 53.9 Å². The third-order valence-electron chi connectivity index (χ3n) is 3.96. The van der Waals surface area contributed by atoms with Gasteiger partial charge in [0, 0.05) is 27.7 Å². The van der Waals surface area contributed by atoms with Crippen LogP contribution in [-0.2, 0) is 9.59 Å². The van der Waals surface area contributed by atoms with Crippen molar-refractivity contribution in [2.24, 2.45) is 0 Å². The number of para-hydroxylation sites is 1. The summed E-state index contributed by atoms with van der Waals surface area (Å²) in [4.78, 5) is 31.5. The second-order valence-corrected chi connectivity index (χ2v) is 7.61. The number of hydrogen-bond donors (Lipinski definition) is 1. The molecule has 0 atom stereocenters. The van der Waals surface area contributed by atoms with Crippen LogP contribution < -0.4 is 10.2 Å². The number of amides is 2. The van der Waals surface area contributed by atoms with Crippen molar-refractivity contribution in [3.63, 3.8) is 0 Å². The van der Waals surface area contributed by atoms with Crippen LogP contribution in [0.4, 0.5) is 11.4 Å². The van der Waals surface area contributed by atoms with Crippen LogP contribution in [0.15, 0.2) is 65.0 Å². The van der Waals surface area contributed by atoms with E-state index in [2.05, 4.69) is 10.3 Å². The summed E-state index contributed by atoms with van der Waals surface area (Å²) in [5.41, 5.74) is 2.50. The summed E-state index contributed by atoms with van der Waals surface area (Å²) in [5, 5.41) is 5.72. The van der Waals surface area contributed by atoms with Crippen LogP contribution in [0.2, 0.25) is 0 Å². The van der Waals surface area contributed by atoms with Crippen LogP contribution in [0.25, 0.3) is 10.6 Å². The first-order valence-corrected chi connectivity index (χ1v) is 9.89. The third-order valence-corrected chi connectivity index (χ3v) is 5.83. The lowest BCUT2D eigenvalue weighted by Crippen LogP contribution is -2.41. The Balaban J connectivity index is 1.45. The summed E-state index contributed by atoms with van der Waals surface area (Å²) >= 11 is 3.07. The highest BCUT2D eigenvalue weighted by Gasteiger charge is 2.26. The Morgan fingerprint density at radius 3 is 2.73 bits per heavy atom. The predicted octanol–water partition coefficient (Wildman–Crippen LogP) is 3.89. The molecule has 2 heterocycles. The molecule has 26 heavy (non-hydrogen) atoms. The van der Waals surface area contributed by atoms with Crippen molar-refractivity contribution >= 4 is 46.3 Å². The van der Waals surface area contributed by atoms with Gasteiger partial charge in [0.1, 0.15) is 11.6 Å². The number of benzene rings is 2. The maximum atomic E-state index is 12.4. The zero-order chi connectivity index (χ0) is 17.9. The summed E-state index contributed by atoms with van der Waals surface area (Å²) < 4.78 is 0. The smallest absolute Gasteiger partial charge is 0.244 e. The number of thiazole rings is 1. The second kappa shape index (κ2) is 7.31. The van der Waals surface area contributed by atoms with E-state index >= 15 is 0 Å². The molecule has 7 heteroatoms. The second-order valence-electron chi connectivity index (χ2n) is 5.70. The lowest BCUT2D eigenvalue weighted by molar-refractivity contribution is -0.120. The zero-order valence-electron chi connectivity index (χ0n) is 13.7. The Hall–Kier alpha value is -2.64. The Morgan fingerprint density at radius 1 is 1.15 bits per heavy atom. The molecule has 3 aromatic rings. The van der Waals surface area contributed by atoms with Crippen LogP contribution in [0.1, 0.15) is 0 Å². The molecule has 4 rings (SSSR count). The van der Waals surface area contributed by atoms with Crippen molar-refractivity contribution < 1.29 is 9.59 Å². The monoisotopic (exact) mass is 381 g/mol. The first kappa shape index (κ1) is 16.8. The van der Waals surface area contributed by atoms with Gasteiger partial charge in [0.15, 0.2) is 0 Å². The van der Waals surface area contributed by atoms with Gasteiger partial charge in [0.25, 0.3) is 0 Å². The average Bonchev–Trinajstić information content (AvgIpc) is 3.19. The van der Waals surface area contributed by atoms with E-state index in [9.17, 15) is 9.59 Å². The molecule has 0 bridgehead atoms. The zero-order valence-corrected chi connectivity index (χ0v) is 15.3. The molecule has 2 amide bonds. The normalized spacial score (nSPS) is 13.4. The number of carbonyl (C=O) groups is 2. The maximum absolute atomic E-state index is 12.4. The topological polar surface area (TPSA) is 62.3 Å². The van der Waals surface area contributed by atoms with Gasteiger partial charge in [-0.3, -0.25) is 9.59 Å². The van der Waals surface area contributed by atoms with Crippen molar-refractivity contribution in [1.82, 2.24) is 4.98 Å². The van der Waals surface area contributed by atoms with E-state index in [1.54, 1.807) is 22.4 Å². The van der Waals surface area contributed by atoms with E-state index in [0.29, 0.717) is 11.4 Å². The van der Waals surface area contributed by atoms with Gasteiger partial charge < -0.3 is 10.2 Å². The molecule has 0 unspecified atom stereocenters. The van der Waals surface area contributed by atoms with E-state index in [-0.39, 0.29) is 18.4 Å². The van der Waals surface area contributed by atoms with Crippen molar-refractivity contribution in [3.05, 3.63) is 60.1 Å². The molecule has 1 N–H and O–H groups in total. The Bertz CT molecular complexity index is 940. The van der Waals surface area contributed by atoms with E-state index in [1.165, 1.54) is 11.8 Å². The molecule has 2 aromatic carbocycles. The summed E-state index contributed by atoms with van der Waals surface area (Å²) in [5.74, 6) is 0.0808. The van der Waals surface area contributed by atoms with Gasteiger partial charge in [-0.15, -0.1) is 23.1 Å². The van der Waals surface area contributed by atoms with Crippen molar-refractivity contribution in [2.75, 3.05) is 22.5 Å². The molecule has 0 saturated heterocycles. The Labute approximate surface area is 159 Å². The van der Waals surface area contributed by atoms with Gasteiger partial charge in [0.2, 0.25) is 11.8 Å². The first-order valence-electron chi connectivity index (χ1n) is 8.03. The number of fused-ring (bicyclic) bond motifs is 1. The van der Waals surface area contributed by atoms with Gasteiger partial charge in [0.05, 0.1) is 11.4 Å². The third kappa shape index (κ3) is 3.49. The van der Waals surface area contributed by atoms with Crippen molar-refractivity contribution in [3.8, 4) is 10.6 Å². The maximum Gasteiger partial charge on any atom is 0.244 e. The van der Waals surface area contributed by atoms with Crippen LogP contribution in [0, 0.1) is 0 Å². The molecule has 1 aliphatic heterocycles. The molecule has 0 spiro atoms. The van der Waals surface area contributed by atoms with Gasteiger partial charge in [-0.2, -0.15) is 0 Å². The van der Waals surface area contributed by atoms with Crippen LogP contribution in [0.3, 0.4) is 0 Å². The molecule has 0 radical (unpaired) electrons. The molecule has 0 saturated carbocycles. The van der Waals surface area contributed by atoms with Gasteiger partial charge in [-0.1, -0.05) is 12.1 Å². The Kier molecular flexibility index (Phi) is 4.73. The molecule has 1 aromatic heterocycles. The van der Waals surface area contributed by atoms with Crippen molar-refractivity contribution in [2.45, 2.75) is 4.90 Å². The van der Waals surface area contributed by atoms with Crippen LogP contribution >= 0.6 is 23.1 Å². The van der Waals surface area contributed by atoms with Gasteiger partial charge in [-0.05, 0) is 36.4 Å². The summed E-state index contributed by atoms with van der Waals surface area (Å²) in [6, 6.07) is 15.2. The molecule has 0 fully saturated rings. The molecular formula is C19H15N3O2S2. The van der Waals surface area contributed by atoms with E-state index < -0.39 is 0 Å². The molecule has 0 aliphatic carbocycles. The number of anilines is 2. The predicted molar refractivity (Wildman–Crippen MR) is 106 cm³/mol. The lowest BCUT2D eigenvalue weighted by Gasteiger charge is -2.28. The number of aromatic nitrogens is 1. The van der Waals surface area contributed by atoms with Crippen LogP contribution in [0.5, 0.6) is 0 Å². The minimum absolute atomic E-state index is 0.00460. The fourth-order valence-electron chi connectivity index (χ4n) is 2.73. The highest BCUT2D eigenvalue weighted by atomic mass is 32.2. The molecule has 130 valence electrons. The quantitative estimate of drug-likeness (QED) is 0.745. The summed E-state index contributed by atoms with van der Waals surface area (Å²) in [6.45, 7) is 0.00460. The average molecular weight is 381 g/mol. The number of carbonyl (C=O) groups excluding carboxylic acids is 2. The Morgan fingerprint density at radius 2 is 1.96 bits per heavy atom. The first-order chi connectivity index (χ1) is 12.7. The SMILES string of the molecule is O=C(CN1C(=O)CSc2ccccc21)Nc1ccc(-c2nccs2)cc1. The van der Waals surface area contributed by atoms with Crippen molar-refractivity contribution in [1.29, 1.82) is 0 Å². The highest BCUT2D eigenvalue weighted by Crippen LogP contribution is 2.34. The van der Waals surface area contributed by atoms with E-state index in [4.69, 9.17) is 0 Å². The molecule has 1 aliphatic rings. The minimum atomic E-state index is -0.220. The fourth-order valence-corrected chi connectivity index (χ4v) is 4.31. The summed E-state index contributed by atoms with van der Waals surface area (Å²) in [7, 11) is 0. The largest absolute Gasteiger partial charge is 0.325 e. The number of nitrogens with zero attached hydrogens (tertiary/aromatic N) is 2. The molecular weight excluding hydrogens is 366 g/mol. The van der Waals surface area contributed by atoms with E-state index in [0.717, 1.165) is 21.2 Å².